The zero-order valence-corrected chi connectivity index (χ0v) is 14.0. The summed E-state index contributed by atoms with van der Waals surface area (Å²) < 4.78 is 15.4. The van der Waals surface area contributed by atoms with E-state index in [1.807, 2.05) is 12.7 Å². The van der Waals surface area contributed by atoms with Crippen molar-refractivity contribution in [3.05, 3.63) is 12.7 Å². The lowest BCUT2D eigenvalue weighted by Gasteiger charge is -2.26. The molecule has 128 valence electrons. The van der Waals surface area contributed by atoms with E-state index in [4.69, 9.17) is 5.26 Å². The van der Waals surface area contributed by atoms with Crippen molar-refractivity contribution in [2.24, 2.45) is 17.8 Å². The highest BCUT2D eigenvalue weighted by atomic mass is 19.1. The molecule has 1 aromatic rings. The Balaban J connectivity index is 1.49. The second kappa shape index (κ2) is 7.43. The van der Waals surface area contributed by atoms with Crippen LogP contribution in [-0.4, -0.2) is 52.1 Å². The number of Topliss-reactive ketones (excluding diaryl/α,β-unsaturated/α-hetero) is 1. The predicted octanol–water partition coefficient (Wildman–Crippen LogP) is 0.754. The highest BCUT2D eigenvalue weighted by Gasteiger charge is 2.39. The number of nitrogens with zero attached hydrogens (tertiary/aromatic N) is 5. The lowest BCUT2D eigenvalue weighted by molar-refractivity contribution is -0.124. The largest absolute Gasteiger partial charge is 0.340 e. The van der Waals surface area contributed by atoms with Crippen LogP contribution in [0.1, 0.15) is 32.1 Å². The van der Waals surface area contributed by atoms with Crippen molar-refractivity contribution in [3.8, 4) is 6.07 Å². The van der Waals surface area contributed by atoms with Crippen molar-refractivity contribution >= 4 is 13.8 Å². The molecule has 2 aliphatic rings. The Morgan fingerprint density at radius 1 is 1.42 bits per heavy atom. The molecule has 0 amide bonds. The van der Waals surface area contributed by atoms with Crippen LogP contribution in [-0.2, 0) is 11.3 Å². The monoisotopic (exact) mass is 331 g/mol. The standard InChI is InChI=1S/C16H23BFN5O/c17-23(8-16(24)15-5-13(18)4-12(15)6-19)14-2-1-11(3-14)7-22-10-20-9-21-22/h9-15H,1-5,7-8,17H2/t11-,12-,13?,14+,15?/m0/s1. The SMILES string of the molecule is BN(CC(=O)C1CC(F)C[C@H]1C#N)[C@@H]1CC[C@H](Cn2cncn2)C1. The fourth-order valence-corrected chi connectivity index (χ4v) is 4.17. The van der Waals surface area contributed by atoms with E-state index in [-0.39, 0.29) is 18.6 Å². The van der Waals surface area contributed by atoms with Crippen LogP contribution in [0.2, 0.25) is 0 Å². The summed E-state index contributed by atoms with van der Waals surface area (Å²) in [6.07, 6.45) is 5.89. The summed E-state index contributed by atoms with van der Waals surface area (Å²) >= 11 is 0. The normalized spacial score (nSPS) is 33.0. The van der Waals surface area contributed by atoms with Gasteiger partial charge < -0.3 is 4.81 Å². The van der Waals surface area contributed by atoms with Gasteiger partial charge in [0, 0.05) is 19.0 Å². The Morgan fingerprint density at radius 2 is 2.25 bits per heavy atom. The van der Waals surface area contributed by atoms with Gasteiger partial charge in [0.15, 0.2) is 7.98 Å². The minimum Gasteiger partial charge on any atom is -0.340 e. The average Bonchev–Trinajstić information content (AvgIpc) is 3.28. The number of alkyl halides is 1. The van der Waals surface area contributed by atoms with Crippen LogP contribution >= 0.6 is 0 Å². The first-order chi connectivity index (χ1) is 11.6. The molecule has 0 N–H and O–H groups in total. The first-order valence-corrected chi connectivity index (χ1v) is 8.66. The number of hydrogen-bond donors (Lipinski definition) is 0. The summed E-state index contributed by atoms with van der Waals surface area (Å²) in [6, 6.07) is 2.47. The van der Waals surface area contributed by atoms with Gasteiger partial charge in [0.1, 0.15) is 24.6 Å². The minimum atomic E-state index is -1.01. The Morgan fingerprint density at radius 3 is 2.96 bits per heavy atom. The Hall–Kier alpha value is -1.75. The van der Waals surface area contributed by atoms with E-state index in [1.165, 1.54) is 0 Å². The van der Waals surface area contributed by atoms with Crippen LogP contribution in [0, 0.1) is 29.1 Å². The molecule has 0 bridgehead atoms. The number of carbonyl (C=O) groups excluding carboxylic acids is 1. The molecule has 6 nitrogen and oxygen atoms in total. The van der Waals surface area contributed by atoms with Crippen molar-refractivity contribution in [1.29, 1.82) is 5.26 Å². The van der Waals surface area contributed by atoms with E-state index < -0.39 is 18.0 Å². The van der Waals surface area contributed by atoms with Gasteiger partial charge in [0.25, 0.3) is 0 Å². The van der Waals surface area contributed by atoms with E-state index in [0.29, 0.717) is 18.5 Å². The van der Waals surface area contributed by atoms with E-state index in [9.17, 15) is 9.18 Å². The van der Waals surface area contributed by atoms with Gasteiger partial charge >= 0.3 is 0 Å². The lowest BCUT2D eigenvalue weighted by Crippen LogP contribution is -2.38. The summed E-state index contributed by atoms with van der Waals surface area (Å²) in [5, 5.41) is 13.3. The van der Waals surface area contributed by atoms with Gasteiger partial charge in [-0.15, -0.1) is 0 Å². The first kappa shape index (κ1) is 17.1. The molecule has 5 atom stereocenters. The second-order valence-corrected chi connectivity index (χ2v) is 7.24. The quantitative estimate of drug-likeness (QED) is 0.719. The van der Waals surface area contributed by atoms with Crippen molar-refractivity contribution < 1.29 is 9.18 Å². The van der Waals surface area contributed by atoms with Gasteiger partial charge in [-0.05, 0) is 44.1 Å². The van der Waals surface area contributed by atoms with Crippen molar-refractivity contribution in [2.45, 2.75) is 50.9 Å². The van der Waals surface area contributed by atoms with Crippen LogP contribution < -0.4 is 0 Å². The molecule has 3 rings (SSSR count). The highest BCUT2D eigenvalue weighted by Crippen LogP contribution is 2.35. The lowest BCUT2D eigenvalue weighted by atomic mass is 9.92. The topological polar surface area (TPSA) is 74.8 Å². The van der Waals surface area contributed by atoms with Gasteiger partial charge in [-0.2, -0.15) is 10.4 Å². The predicted molar refractivity (Wildman–Crippen MR) is 88.1 cm³/mol. The average molecular weight is 331 g/mol. The van der Waals surface area contributed by atoms with Crippen LogP contribution in [0.3, 0.4) is 0 Å². The first-order valence-electron chi connectivity index (χ1n) is 8.66. The third-order valence-corrected chi connectivity index (χ3v) is 5.54. The van der Waals surface area contributed by atoms with Gasteiger partial charge in [-0.3, -0.25) is 9.48 Å². The van der Waals surface area contributed by atoms with Crippen molar-refractivity contribution in [3.63, 3.8) is 0 Å². The zero-order valence-electron chi connectivity index (χ0n) is 14.0. The molecule has 2 aliphatic carbocycles. The fraction of sp³-hybridized carbons (Fsp3) is 0.750. The molecule has 1 aromatic heterocycles. The molecule has 2 unspecified atom stereocenters. The second-order valence-electron chi connectivity index (χ2n) is 7.24. The third-order valence-electron chi connectivity index (χ3n) is 5.54. The molecule has 0 spiro atoms. The zero-order chi connectivity index (χ0) is 17.1. The number of nitriles is 1. The number of carbonyl (C=O) groups is 1. The van der Waals surface area contributed by atoms with Crippen molar-refractivity contribution in [1.82, 2.24) is 19.6 Å². The molecule has 2 fully saturated rings. The van der Waals surface area contributed by atoms with E-state index in [0.717, 1.165) is 25.8 Å². The maximum atomic E-state index is 13.5. The molecule has 24 heavy (non-hydrogen) atoms. The van der Waals surface area contributed by atoms with Crippen molar-refractivity contribution in [2.75, 3.05) is 6.54 Å². The Kier molecular flexibility index (Phi) is 5.29. The smallest absolute Gasteiger partial charge is 0.186 e. The number of aromatic nitrogens is 3. The third kappa shape index (κ3) is 3.83. The summed E-state index contributed by atoms with van der Waals surface area (Å²) in [4.78, 5) is 18.5. The van der Waals surface area contributed by atoms with Gasteiger partial charge in [-0.25, -0.2) is 9.37 Å². The molecule has 8 heteroatoms. The van der Waals surface area contributed by atoms with Gasteiger partial charge in [-0.1, -0.05) is 0 Å². The summed E-state index contributed by atoms with van der Waals surface area (Å²) in [7, 11) is 1.96. The Labute approximate surface area is 142 Å². The molecular weight excluding hydrogens is 308 g/mol. The van der Waals surface area contributed by atoms with Crippen LogP contribution in [0.4, 0.5) is 4.39 Å². The summed E-state index contributed by atoms with van der Waals surface area (Å²) in [5.74, 6) is -0.323. The maximum Gasteiger partial charge on any atom is 0.186 e. The van der Waals surface area contributed by atoms with Gasteiger partial charge in [0.05, 0.1) is 12.0 Å². The van der Waals surface area contributed by atoms with Crippen LogP contribution in [0.5, 0.6) is 0 Å². The number of rotatable bonds is 6. The summed E-state index contributed by atoms with van der Waals surface area (Å²) in [6.45, 7) is 1.18. The molecule has 0 radical (unpaired) electrons. The molecular formula is C16H23BFN5O. The van der Waals surface area contributed by atoms with Crippen LogP contribution in [0.15, 0.2) is 12.7 Å². The number of ketones is 1. The molecule has 0 saturated heterocycles. The molecule has 2 saturated carbocycles. The van der Waals surface area contributed by atoms with E-state index in [1.54, 1.807) is 12.7 Å². The number of halogens is 1. The van der Waals surface area contributed by atoms with Crippen LogP contribution in [0.25, 0.3) is 0 Å². The molecule has 1 heterocycles. The Bertz CT molecular complexity index is 604. The minimum absolute atomic E-state index is 0.0175. The molecule has 0 aromatic carbocycles. The maximum absolute atomic E-state index is 13.5. The fourth-order valence-electron chi connectivity index (χ4n) is 4.17. The summed E-state index contributed by atoms with van der Waals surface area (Å²) in [5.41, 5.74) is 0. The molecule has 0 aliphatic heterocycles. The number of hydrogen-bond acceptors (Lipinski definition) is 5. The van der Waals surface area contributed by atoms with E-state index in [2.05, 4.69) is 21.0 Å². The van der Waals surface area contributed by atoms with E-state index >= 15 is 0 Å². The highest BCUT2D eigenvalue weighted by molar-refractivity contribution is 6.06. The van der Waals surface area contributed by atoms with Gasteiger partial charge in [0.2, 0.25) is 0 Å².